The normalized spacial score (nSPS) is 12.1. The van der Waals surface area contributed by atoms with E-state index in [1.807, 2.05) is 24.3 Å². The number of furan rings is 2. The lowest BCUT2D eigenvalue weighted by Crippen LogP contribution is -2.33. The van der Waals surface area contributed by atoms with E-state index in [9.17, 15) is 0 Å². The highest BCUT2D eigenvalue weighted by Crippen LogP contribution is 2.43. The fraction of sp³-hybridized carbons (Fsp3) is 0. The maximum absolute atomic E-state index is 6.67. The molecule has 3 heterocycles. The van der Waals surface area contributed by atoms with Crippen LogP contribution in [0.1, 0.15) is 0 Å². The lowest BCUT2D eigenvalue weighted by molar-refractivity contribution is 0.665. The Labute approximate surface area is 276 Å². The predicted octanol–water partition coefficient (Wildman–Crippen LogP) is 0.453. The van der Waals surface area contributed by atoms with Crippen LogP contribution in [-0.4, -0.2) is 51.6 Å². The Morgan fingerprint density at radius 2 is 1.11 bits per heavy atom. The van der Waals surface area contributed by atoms with Gasteiger partial charge in [0.1, 0.15) is 69.4 Å². The van der Waals surface area contributed by atoms with Gasteiger partial charge in [-0.1, -0.05) is 92.9 Å². The number of para-hydroxylation sites is 2. The van der Waals surface area contributed by atoms with Crippen LogP contribution in [0.15, 0.2) is 93.8 Å². The van der Waals surface area contributed by atoms with Crippen molar-refractivity contribution in [2.75, 3.05) is 0 Å². The molecule has 10 heteroatoms. The first-order valence-electron chi connectivity index (χ1n) is 15.8. The summed E-state index contributed by atoms with van der Waals surface area (Å²) in [6.07, 6.45) is 0. The average molecular weight is 605 g/mol. The SMILES string of the molecule is Bc1cc(B)c2c(c1B)c1c(B)c(B)cc(B)c1n2-c1cc(-c2cccc3c2oc2ccccc23)c2oc3cc(Cl)ccc3c2c1. The van der Waals surface area contributed by atoms with Gasteiger partial charge in [0.05, 0.1) is 0 Å². The van der Waals surface area contributed by atoms with E-state index >= 15 is 0 Å². The Morgan fingerprint density at radius 3 is 1.83 bits per heavy atom. The molecule has 0 aliphatic carbocycles. The summed E-state index contributed by atoms with van der Waals surface area (Å²) in [6, 6.07) is 29.8. The Kier molecular flexibility index (Phi) is 5.84. The van der Waals surface area contributed by atoms with Gasteiger partial charge in [0.2, 0.25) is 0 Å². The molecule has 9 aromatic rings. The molecule has 0 bridgehead atoms. The van der Waals surface area contributed by atoms with Crippen LogP contribution in [0, 0.1) is 0 Å². The van der Waals surface area contributed by atoms with E-state index in [1.165, 1.54) is 54.6 Å². The number of aromatic nitrogens is 1. The van der Waals surface area contributed by atoms with Crippen molar-refractivity contribution in [3.05, 3.63) is 90.0 Å². The van der Waals surface area contributed by atoms with Gasteiger partial charge < -0.3 is 13.4 Å². The zero-order valence-electron chi connectivity index (χ0n) is 26.7. The molecular formula is C36H26B6ClNO2. The van der Waals surface area contributed by atoms with Crippen LogP contribution in [0.3, 0.4) is 0 Å². The summed E-state index contributed by atoms with van der Waals surface area (Å²) >= 11 is 6.48. The van der Waals surface area contributed by atoms with Gasteiger partial charge in [-0.2, -0.15) is 0 Å². The minimum absolute atomic E-state index is 0.651. The average Bonchev–Trinajstić information content (AvgIpc) is 3.72. The van der Waals surface area contributed by atoms with Crippen LogP contribution >= 0.6 is 11.6 Å². The molecule has 3 aromatic heterocycles. The lowest BCUT2D eigenvalue weighted by atomic mass is 9.71. The number of hydrogen-bond donors (Lipinski definition) is 0. The molecule has 212 valence electrons. The first-order valence-corrected chi connectivity index (χ1v) is 16.2. The van der Waals surface area contributed by atoms with Crippen LogP contribution in [0.25, 0.3) is 82.5 Å². The molecule has 0 amide bonds. The number of nitrogens with zero attached hydrogens (tertiary/aromatic N) is 1. The van der Waals surface area contributed by atoms with Gasteiger partial charge in [-0.3, -0.25) is 0 Å². The molecule has 6 aromatic carbocycles. The predicted molar refractivity (Wildman–Crippen MR) is 215 cm³/mol. The molecule has 9 rings (SSSR count). The van der Waals surface area contributed by atoms with Gasteiger partial charge in [0.25, 0.3) is 0 Å². The largest absolute Gasteiger partial charge is 0.455 e. The second kappa shape index (κ2) is 9.70. The number of rotatable bonds is 2. The zero-order valence-corrected chi connectivity index (χ0v) is 27.5. The molecule has 0 saturated heterocycles. The molecule has 0 unspecified atom stereocenters. The molecule has 46 heavy (non-hydrogen) atoms. The van der Waals surface area contributed by atoms with E-state index in [4.69, 9.17) is 20.4 Å². The number of hydrogen-bond acceptors (Lipinski definition) is 2. The summed E-state index contributed by atoms with van der Waals surface area (Å²) in [5.41, 5.74) is 16.7. The van der Waals surface area contributed by atoms with E-state index < -0.39 is 0 Å². The van der Waals surface area contributed by atoms with Crippen molar-refractivity contribution in [3.63, 3.8) is 0 Å². The molecular weight excluding hydrogens is 579 g/mol. The van der Waals surface area contributed by atoms with E-state index in [1.54, 1.807) is 0 Å². The van der Waals surface area contributed by atoms with E-state index in [2.05, 4.69) is 112 Å². The van der Waals surface area contributed by atoms with Crippen LogP contribution in [0.5, 0.6) is 0 Å². The topological polar surface area (TPSA) is 31.2 Å². The third-order valence-corrected chi connectivity index (χ3v) is 10.4. The van der Waals surface area contributed by atoms with Gasteiger partial charge in [-0.15, -0.1) is 0 Å². The summed E-state index contributed by atoms with van der Waals surface area (Å²) in [6.45, 7) is 0. The van der Waals surface area contributed by atoms with E-state index in [0.717, 1.165) is 60.7 Å². The van der Waals surface area contributed by atoms with Crippen molar-refractivity contribution in [1.29, 1.82) is 0 Å². The molecule has 0 atom stereocenters. The second-order valence-electron chi connectivity index (χ2n) is 12.9. The lowest BCUT2D eigenvalue weighted by Gasteiger charge is -2.15. The van der Waals surface area contributed by atoms with Gasteiger partial charge in [0.15, 0.2) is 0 Å². The summed E-state index contributed by atoms with van der Waals surface area (Å²) in [5.74, 6) is 0. The van der Waals surface area contributed by atoms with Crippen LogP contribution in [0.4, 0.5) is 0 Å². The number of fused-ring (bicyclic) bond motifs is 9. The molecule has 0 aliphatic heterocycles. The zero-order chi connectivity index (χ0) is 31.6. The van der Waals surface area contributed by atoms with Gasteiger partial charge >= 0.3 is 0 Å². The molecule has 0 spiro atoms. The molecule has 0 radical (unpaired) electrons. The minimum Gasteiger partial charge on any atom is -0.455 e. The first kappa shape index (κ1) is 27.7. The third-order valence-electron chi connectivity index (χ3n) is 10.2. The van der Waals surface area contributed by atoms with Crippen LogP contribution in [-0.2, 0) is 0 Å². The molecule has 0 fully saturated rings. The fourth-order valence-corrected chi connectivity index (χ4v) is 7.99. The highest BCUT2D eigenvalue weighted by Gasteiger charge is 2.24. The first-order chi connectivity index (χ1) is 22.2. The van der Waals surface area contributed by atoms with Crippen molar-refractivity contribution in [2.24, 2.45) is 0 Å². The standard InChI is InChI=1S/C36H26B6ClNO2/c37-23-13-25(39)33-29(31(23)41)30-32(42)24(38)14-26(40)34(30)44(33)16-11-21-18-9-8-15(43)10-28(18)46-36(21)22(12-16)20-6-3-5-19-17-4-1-2-7-27(17)45-35(19)20/h1-14H,37-42H2. The minimum atomic E-state index is 0.651. The van der Waals surface area contributed by atoms with E-state index in [0.29, 0.717) is 5.02 Å². The number of benzene rings is 6. The fourth-order valence-electron chi connectivity index (χ4n) is 7.83. The van der Waals surface area contributed by atoms with Gasteiger partial charge in [-0.25, -0.2) is 0 Å². The Balaban J connectivity index is 1.50. The second-order valence-corrected chi connectivity index (χ2v) is 13.4. The molecule has 0 aliphatic rings. The molecule has 0 saturated carbocycles. The summed E-state index contributed by atoms with van der Waals surface area (Å²) in [7, 11) is 13.5. The maximum Gasteiger partial charge on any atom is 0.143 e. The van der Waals surface area contributed by atoms with Crippen LogP contribution in [0.2, 0.25) is 5.02 Å². The Morgan fingerprint density at radius 1 is 0.500 bits per heavy atom. The Hall–Kier alpha value is -4.60. The number of halogens is 1. The van der Waals surface area contributed by atoms with Crippen molar-refractivity contribution in [3.8, 4) is 16.8 Å². The monoisotopic (exact) mass is 605 g/mol. The maximum atomic E-state index is 6.67. The smallest absolute Gasteiger partial charge is 0.143 e. The van der Waals surface area contributed by atoms with Gasteiger partial charge in [0, 0.05) is 60.5 Å². The Bertz CT molecular complexity index is 2720. The quantitative estimate of drug-likeness (QED) is 0.269. The van der Waals surface area contributed by atoms with Crippen molar-refractivity contribution in [2.45, 2.75) is 0 Å². The molecule has 0 N–H and O–H groups in total. The third kappa shape index (κ3) is 3.69. The summed E-state index contributed by atoms with van der Waals surface area (Å²) < 4.78 is 15.7. The van der Waals surface area contributed by atoms with Crippen molar-refractivity contribution >= 4 is 157 Å². The summed E-state index contributed by atoms with van der Waals surface area (Å²) in [4.78, 5) is 0. The van der Waals surface area contributed by atoms with Crippen molar-refractivity contribution in [1.82, 2.24) is 4.57 Å². The van der Waals surface area contributed by atoms with E-state index in [-0.39, 0.29) is 0 Å². The molecule has 3 nitrogen and oxygen atoms in total. The van der Waals surface area contributed by atoms with Crippen LogP contribution < -0.4 is 32.8 Å². The summed E-state index contributed by atoms with van der Waals surface area (Å²) in [5, 5.41) is 7.60. The highest BCUT2D eigenvalue weighted by molar-refractivity contribution is 6.62. The van der Waals surface area contributed by atoms with Gasteiger partial charge in [-0.05, 0) is 41.1 Å². The van der Waals surface area contributed by atoms with Crippen molar-refractivity contribution < 1.29 is 8.83 Å². The highest BCUT2D eigenvalue weighted by atomic mass is 35.5.